The van der Waals surface area contributed by atoms with Gasteiger partial charge in [-0.25, -0.2) is 0 Å². The van der Waals surface area contributed by atoms with Crippen LogP contribution < -0.4 is 5.32 Å². The second-order valence-electron chi connectivity index (χ2n) is 5.76. The van der Waals surface area contributed by atoms with E-state index in [4.69, 9.17) is 9.47 Å². The minimum atomic E-state index is 0.357. The molecule has 0 radical (unpaired) electrons. The number of likely N-dealkylation sites (N-methyl/N-ethyl adjacent to an activating group) is 1. The van der Waals surface area contributed by atoms with E-state index in [-0.39, 0.29) is 0 Å². The van der Waals surface area contributed by atoms with Crippen molar-refractivity contribution in [2.75, 3.05) is 39.4 Å². The summed E-state index contributed by atoms with van der Waals surface area (Å²) >= 11 is 0. The largest absolute Gasteiger partial charge is 0.381 e. The molecule has 0 aromatic heterocycles. The zero-order valence-corrected chi connectivity index (χ0v) is 12.0. The molecule has 0 aromatic rings. The molecule has 2 fully saturated rings. The molecule has 106 valence electrons. The van der Waals surface area contributed by atoms with Gasteiger partial charge in [0.15, 0.2) is 0 Å². The van der Waals surface area contributed by atoms with E-state index >= 15 is 0 Å². The van der Waals surface area contributed by atoms with Crippen molar-refractivity contribution in [2.24, 2.45) is 5.92 Å². The highest BCUT2D eigenvalue weighted by Gasteiger charge is 2.29. The zero-order valence-electron chi connectivity index (χ0n) is 12.0. The van der Waals surface area contributed by atoms with Gasteiger partial charge in [0.2, 0.25) is 0 Å². The van der Waals surface area contributed by atoms with Crippen LogP contribution in [0.25, 0.3) is 0 Å². The highest BCUT2D eigenvalue weighted by Crippen LogP contribution is 2.19. The van der Waals surface area contributed by atoms with Gasteiger partial charge in [0.05, 0.1) is 18.8 Å². The smallest absolute Gasteiger partial charge is 0.0678 e. The van der Waals surface area contributed by atoms with Crippen LogP contribution in [-0.4, -0.2) is 62.5 Å². The molecule has 4 heteroatoms. The quantitative estimate of drug-likeness (QED) is 0.799. The maximum atomic E-state index is 5.80. The second-order valence-corrected chi connectivity index (χ2v) is 5.76. The molecule has 0 saturated carbocycles. The average molecular weight is 256 g/mol. The van der Waals surface area contributed by atoms with Gasteiger partial charge in [-0.3, -0.25) is 4.90 Å². The maximum absolute atomic E-state index is 5.80. The Hall–Kier alpha value is -0.160. The summed E-state index contributed by atoms with van der Waals surface area (Å²) in [4.78, 5) is 2.55. The van der Waals surface area contributed by atoms with Gasteiger partial charge in [-0.1, -0.05) is 6.92 Å². The first-order valence-electron chi connectivity index (χ1n) is 7.38. The Morgan fingerprint density at radius 2 is 2.00 bits per heavy atom. The van der Waals surface area contributed by atoms with Crippen molar-refractivity contribution in [3.8, 4) is 0 Å². The molecule has 0 bridgehead atoms. The molecule has 18 heavy (non-hydrogen) atoms. The standard InChI is InChI=1S/C14H28N2O2/c1-4-15-14(13-5-6-17-10-13)9-16-7-11(2)18-12(3)8-16/h11-15H,4-10H2,1-3H3/t11-,12+,13?,14?. The molecule has 0 spiro atoms. The highest BCUT2D eigenvalue weighted by atomic mass is 16.5. The van der Waals surface area contributed by atoms with E-state index in [1.54, 1.807) is 0 Å². The number of hydrogen-bond acceptors (Lipinski definition) is 4. The zero-order chi connectivity index (χ0) is 13.0. The predicted molar refractivity (Wildman–Crippen MR) is 72.8 cm³/mol. The van der Waals surface area contributed by atoms with E-state index in [9.17, 15) is 0 Å². The summed E-state index contributed by atoms with van der Waals surface area (Å²) in [5.41, 5.74) is 0. The van der Waals surface area contributed by atoms with Gasteiger partial charge in [-0.2, -0.15) is 0 Å². The topological polar surface area (TPSA) is 33.7 Å². The van der Waals surface area contributed by atoms with Crippen LogP contribution in [0.1, 0.15) is 27.2 Å². The third kappa shape index (κ3) is 3.92. The molecule has 2 aliphatic heterocycles. The summed E-state index contributed by atoms with van der Waals surface area (Å²) in [6.45, 7) is 12.7. The van der Waals surface area contributed by atoms with Crippen molar-refractivity contribution in [1.29, 1.82) is 0 Å². The maximum Gasteiger partial charge on any atom is 0.0678 e. The van der Waals surface area contributed by atoms with E-state index in [0.29, 0.717) is 24.2 Å². The van der Waals surface area contributed by atoms with Gasteiger partial charge >= 0.3 is 0 Å². The Kier molecular flexibility index (Phi) is 5.42. The number of morpholine rings is 1. The lowest BCUT2D eigenvalue weighted by Crippen LogP contribution is -2.52. The van der Waals surface area contributed by atoms with Crippen molar-refractivity contribution in [3.05, 3.63) is 0 Å². The molecule has 2 aliphatic rings. The Bertz CT molecular complexity index is 234. The minimum Gasteiger partial charge on any atom is -0.381 e. The third-order valence-corrected chi connectivity index (χ3v) is 3.95. The van der Waals surface area contributed by atoms with Crippen LogP contribution >= 0.6 is 0 Å². The van der Waals surface area contributed by atoms with Crippen molar-refractivity contribution in [3.63, 3.8) is 0 Å². The Balaban J connectivity index is 1.86. The fourth-order valence-corrected chi connectivity index (χ4v) is 3.22. The van der Waals surface area contributed by atoms with Crippen LogP contribution in [-0.2, 0) is 9.47 Å². The van der Waals surface area contributed by atoms with Gasteiger partial charge in [0.1, 0.15) is 0 Å². The molecule has 4 atom stereocenters. The summed E-state index contributed by atoms with van der Waals surface area (Å²) in [5, 5.41) is 3.64. The summed E-state index contributed by atoms with van der Waals surface area (Å²) in [7, 11) is 0. The van der Waals surface area contributed by atoms with E-state index in [0.717, 1.165) is 39.4 Å². The summed E-state index contributed by atoms with van der Waals surface area (Å²) in [6.07, 6.45) is 1.92. The van der Waals surface area contributed by atoms with Crippen molar-refractivity contribution < 1.29 is 9.47 Å². The van der Waals surface area contributed by atoms with Crippen molar-refractivity contribution in [2.45, 2.75) is 45.4 Å². The number of hydrogen-bond donors (Lipinski definition) is 1. The molecule has 1 N–H and O–H groups in total. The monoisotopic (exact) mass is 256 g/mol. The van der Waals surface area contributed by atoms with Gasteiger partial charge < -0.3 is 14.8 Å². The van der Waals surface area contributed by atoms with Crippen LogP contribution in [0.2, 0.25) is 0 Å². The average Bonchev–Trinajstić information content (AvgIpc) is 2.80. The van der Waals surface area contributed by atoms with E-state index in [1.165, 1.54) is 6.42 Å². The molecular formula is C14H28N2O2. The fourth-order valence-electron chi connectivity index (χ4n) is 3.22. The van der Waals surface area contributed by atoms with Gasteiger partial charge in [-0.15, -0.1) is 0 Å². The first-order chi connectivity index (χ1) is 8.69. The summed E-state index contributed by atoms with van der Waals surface area (Å²) in [6, 6.07) is 0.565. The molecule has 2 heterocycles. The Labute approximate surface area is 111 Å². The van der Waals surface area contributed by atoms with Crippen LogP contribution in [0, 0.1) is 5.92 Å². The number of nitrogens with zero attached hydrogens (tertiary/aromatic N) is 1. The third-order valence-electron chi connectivity index (χ3n) is 3.95. The van der Waals surface area contributed by atoms with E-state index in [1.807, 2.05) is 0 Å². The Morgan fingerprint density at radius 1 is 1.28 bits per heavy atom. The molecular weight excluding hydrogens is 228 g/mol. The Morgan fingerprint density at radius 3 is 2.56 bits per heavy atom. The van der Waals surface area contributed by atoms with Crippen molar-refractivity contribution >= 4 is 0 Å². The highest BCUT2D eigenvalue weighted by molar-refractivity contribution is 4.84. The van der Waals surface area contributed by atoms with Crippen molar-refractivity contribution in [1.82, 2.24) is 10.2 Å². The van der Waals surface area contributed by atoms with E-state index < -0.39 is 0 Å². The predicted octanol–water partition coefficient (Wildman–Crippen LogP) is 1.11. The molecule has 0 aromatic carbocycles. The molecule has 0 aliphatic carbocycles. The first-order valence-corrected chi connectivity index (χ1v) is 7.38. The number of ether oxygens (including phenoxy) is 2. The minimum absolute atomic E-state index is 0.357. The molecule has 4 nitrogen and oxygen atoms in total. The molecule has 2 saturated heterocycles. The first kappa shape index (κ1) is 14.3. The molecule has 0 amide bonds. The SMILES string of the molecule is CCNC(CN1C[C@@H](C)O[C@@H](C)C1)C1CCOC1. The van der Waals surface area contributed by atoms with E-state index in [2.05, 4.69) is 31.0 Å². The van der Waals surface area contributed by atoms with Crippen LogP contribution in [0.4, 0.5) is 0 Å². The van der Waals surface area contributed by atoms with Gasteiger partial charge in [0, 0.05) is 38.2 Å². The molecule has 2 unspecified atom stereocenters. The molecule has 2 rings (SSSR count). The number of nitrogens with one attached hydrogen (secondary N) is 1. The summed E-state index contributed by atoms with van der Waals surface area (Å²) < 4.78 is 11.3. The van der Waals surface area contributed by atoms with Crippen LogP contribution in [0.15, 0.2) is 0 Å². The van der Waals surface area contributed by atoms with Gasteiger partial charge in [-0.05, 0) is 26.8 Å². The van der Waals surface area contributed by atoms with Crippen LogP contribution in [0.3, 0.4) is 0 Å². The van der Waals surface area contributed by atoms with Gasteiger partial charge in [0.25, 0.3) is 0 Å². The lowest BCUT2D eigenvalue weighted by Gasteiger charge is -2.38. The second kappa shape index (κ2) is 6.85. The number of rotatable bonds is 5. The lowest BCUT2D eigenvalue weighted by atomic mass is 9.98. The van der Waals surface area contributed by atoms with Crippen LogP contribution in [0.5, 0.6) is 0 Å². The fraction of sp³-hybridized carbons (Fsp3) is 1.00. The summed E-state index contributed by atoms with van der Waals surface area (Å²) in [5.74, 6) is 0.679. The normalized spacial score (nSPS) is 35.8. The lowest BCUT2D eigenvalue weighted by molar-refractivity contribution is -0.0712.